The van der Waals surface area contributed by atoms with Gasteiger partial charge in [-0.15, -0.1) is 0 Å². The predicted octanol–water partition coefficient (Wildman–Crippen LogP) is 4.61. The van der Waals surface area contributed by atoms with Crippen molar-refractivity contribution in [1.82, 2.24) is 10.2 Å². The molecule has 0 spiro atoms. The second kappa shape index (κ2) is 8.38. The summed E-state index contributed by atoms with van der Waals surface area (Å²) in [4.78, 5) is 14.1. The fourth-order valence-electron chi connectivity index (χ4n) is 2.70. The van der Waals surface area contributed by atoms with Gasteiger partial charge in [0.25, 0.3) is 0 Å². The average molecular weight is 417 g/mol. The molecule has 1 aromatic carbocycles. The summed E-state index contributed by atoms with van der Waals surface area (Å²) in [7, 11) is 1.89. The van der Waals surface area contributed by atoms with E-state index in [9.17, 15) is 4.79 Å². The van der Waals surface area contributed by atoms with Gasteiger partial charge in [-0.1, -0.05) is 28.1 Å². The molecule has 0 saturated heterocycles. The summed E-state index contributed by atoms with van der Waals surface area (Å²) in [5.74, 6) is 2.32. The third-order valence-electron chi connectivity index (χ3n) is 3.98. The molecule has 1 N–H and O–H groups in total. The van der Waals surface area contributed by atoms with Crippen LogP contribution >= 0.6 is 15.9 Å². The van der Waals surface area contributed by atoms with Crippen LogP contribution < -0.4 is 5.32 Å². The monoisotopic (exact) mass is 416 g/mol. The van der Waals surface area contributed by atoms with E-state index in [0.717, 1.165) is 27.3 Å². The number of carbonyl (C=O) groups excluding carboxylic acids is 1. The third-order valence-corrected chi connectivity index (χ3v) is 4.51. The molecule has 0 fully saturated rings. The first kappa shape index (κ1) is 18.5. The molecule has 2 aromatic heterocycles. The Labute approximate surface area is 161 Å². The highest BCUT2D eigenvalue weighted by Crippen LogP contribution is 2.24. The Bertz CT molecular complexity index is 840. The highest BCUT2D eigenvalue weighted by atomic mass is 79.9. The van der Waals surface area contributed by atoms with E-state index in [1.807, 2.05) is 67.4 Å². The number of halogens is 1. The number of nitrogens with one attached hydrogen (secondary N) is 1. The molecule has 0 bridgehead atoms. The summed E-state index contributed by atoms with van der Waals surface area (Å²) in [6.45, 7) is 2.73. The van der Waals surface area contributed by atoms with E-state index in [1.165, 1.54) is 0 Å². The molecular formula is C20H21BrN2O3. The molecule has 0 aliphatic carbocycles. The van der Waals surface area contributed by atoms with Crippen LogP contribution in [0.1, 0.15) is 24.5 Å². The smallest absolute Gasteiger partial charge is 0.234 e. The Morgan fingerprint density at radius 3 is 2.65 bits per heavy atom. The standard InChI is InChI=1S/C20H21BrN2O3/c1-14(18-4-3-11-25-18)22-20(24)13-23(2)12-17-9-10-19(26-17)15-5-7-16(21)8-6-15/h3-11,14H,12-13H2,1-2H3,(H,22,24)/t14-/m1/s1. The van der Waals surface area contributed by atoms with Crippen molar-refractivity contribution in [2.45, 2.75) is 19.5 Å². The van der Waals surface area contributed by atoms with Gasteiger partial charge < -0.3 is 14.2 Å². The van der Waals surface area contributed by atoms with Crippen LogP contribution in [-0.4, -0.2) is 24.4 Å². The highest BCUT2D eigenvalue weighted by Gasteiger charge is 2.14. The average Bonchev–Trinajstić information content (AvgIpc) is 3.27. The number of likely N-dealkylation sites (N-methyl/N-ethyl adjacent to an activating group) is 1. The molecule has 0 unspecified atom stereocenters. The number of nitrogens with zero attached hydrogens (tertiary/aromatic N) is 1. The molecule has 3 rings (SSSR count). The molecule has 0 saturated carbocycles. The Morgan fingerprint density at radius 2 is 1.96 bits per heavy atom. The molecule has 1 amide bonds. The summed E-state index contributed by atoms with van der Waals surface area (Å²) in [6.07, 6.45) is 1.60. The Kier molecular flexibility index (Phi) is 5.96. The van der Waals surface area contributed by atoms with Crippen molar-refractivity contribution in [2.24, 2.45) is 0 Å². The first-order valence-corrected chi connectivity index (χ1v) is 9.16. The minimum atomic E-state index is -0.154. The van der Waals surface area contributed by atoms with Crippen molar-refractivity contribution in [3.63, 3.8) is 0 Å². The zero-order chi connectivity index (χ0) is 18.5. The second-order valence-corrected chi connectivity index (χ2v) is 7.17. The van der Waals surface area contributed by atoms with Gasteiger partial charge in [-0.3, -0.25) is 9.69 Å². The minimum Gasteiger partial charge on any atom is -0.467 e. The number of furan rings is 2. The Morgan fingerprint density at radius 1 is 1.19 bits per heavy atom. The number of rotatable bonds is 7. The molecule has 136 valence electrons. The SMILES string of the molecule is C[C@@H](NC(=O)CN(C)Cc1ccc(-c2ccc(Br)cc2)o1)c1ccco1. The molecule has 1 atom stereocenters. The van der Waals surface area contributed by atoms with Gasteiger partial charge in [0.15, 0.2) is 0 Å². The number of carbonyl (C=O) groups is 1. The molecule has 0 aliphatic heterocycles. The lowest BCUT2D eigenvalue weighted by molar-refractivity contribution is -0.122. The van der Waals surface area contributed by atoms with Crippen molar-refractivity contribution in [3.05, 3.63) is 70.8 Å². The van der Waals surface area contributed by atoms with Crippen molar-refractivity contribution < 1.29 is 13.6 Å². The molecule has 5 nitrogen and oxygen atoms in total. The fraction of sp³-hybridized carbons (Fsp3) is 0.250. The normalized spacial score (nSPS) is 12.3. The molecule has 0 aliphatic rings. The summed E-state index contributed by atoms with van der Waals surface area (Å²) in [5.41, 5.74) is 1.02. The summed E-state index contributed by atoms with van der Waals surface area (Å²) in [5, 5.41) is 2.93. The molecule has 26 heavy (non-hydrogen) atoms. The van der Waals surface area contributed by atoms with Crippen molar-refractivity contribution in [1.29, 1.82) is 0 Å². The maximum Gasteiger partial charge on any atom is 0.234 e. The van der Waals surface area contributed by atoms with Gasteiger partial charge in [0.2, 0.25) is 5.91 Å². The second-order valence-electron chi connectivity index (χ2n) is 6.25. The molecule has 0 radical (unpaired) electrons. The van der Waals surface area contributed by atoms with Gasteiger partial charge in [0.1, 0.15) is 17.3 Å². The first-order valence-electron chi connectivity index (χ1n) is 8.37. The van der Waals surface area contributed by atoms with Gasteiger partial charge in [-0.25, -0.2) is 0 Å². The van der Waals surface area contributed by atoms with Crippen molar-refractivity contribution >= 4 is 21.8 Å². The van der Waals surface area contributed by atoms with Gasteiger partial charge >= 0.3 is 0 Å². The van der Waals surface area contributed by atoms with Gasteiger partial charge in [0, 0.05) is 10.0 Å². The summed E-state index contributed by atoms with van der Waals surface area (Å²) in [6, 6.07) is 15.4. The van der Waals surface area contributed by atoms with E-state index in [1.54, 1.807) is 6.26 Å². The highest BCUT2D eigenvalue weighted by molar-refractivity contribution is 9.10. The molecule has 6 heteroatoms. The fourth-order valence-corrected chi connectivity index (χ4v) is 2.96. The van der Waals surface area contributed by atoms with Gasteiger partial charge in [0.05, 0.1) is 25.4 Å². The largest absolute Gasteiger partial charge is 0.467 e. The minimum absolute atomic E-state index is 0.0592. The number of hydrogen-bond donors (Lipinski definition) is 1. The molecule has 2 heterocycles. The lowest BCUT2D eigenvalue weighted by Crippen LogP contribution is -2.36. The van der Waals surface area contributed by atoms with E-state index in [0.29, 0.717) is 6.54 Å². The van der Waals surface area contributed by atoms with Crippen molar-refractivity contribution in [2.75, 3.05) is 13.6 Å². The van der Waals surface area contributed by atoms with Crippen LogP contribution in [0.15, 0.2) is 68.1 Å². The van der Waals surface area contributed by atoms with E-state index < -0.39 is 0 Å². The van der Waals surface area contributed by atoms with Gasteiger partial charge in [-0.05, 0) is 50.4 Å². The lowest BCUT2D eigenvalue weighted by atomic mass is 10.2. The van der Waals surface area contributed by atoms with Crippen LogP contribution in [-0.2, 0) is 11.3 Å². The maximum atomic E-state index is 12.2. The summed E-state index contributed by atoms with van der Waals surface area (Å²) < 4.78 is 12.2. The van der Waals surface area contributed by atoms with Crippen LogP contribution in [0, 0.1) is 0 Å². The summed E-state index contributed by atoms with van der Waals surface area (Å²) >= 11 is 3.43. The zero-order valence-corrected chi connectivity index (χ0v) is 16.3. The predicted molar refractivity (Wildman–Crippen MR) is 103 cm³/mol. The van der Waals surface area contributed by atoms with Crippen LogP contribution in [0.4, 0.5) is 0 Å². The Hall–Kier alpha value is -2.31. The van der Waals surface area contributed by atoms with Crippen LogP contribution in [0.5, 0.6) is 0 Å². The van der Waals surface area contributed by atoms with E-state index in [-0.39, 0.29) is 18.5 Å². The van der Waals surface area contributed by atoms with Crippen LogP contribution in [0.3, 0.4) is 0 Å². The number of amides is 1. The van der Waals surface area contributed by atoms with E-state index >= 15 is 0 Å². The zero-order valence-electron chi connectivity index (χ0n) is 14.7. The third kappa shape index (κ3) is 4.86. The number of benzene rings is 1. The van der Waals surface area contributed by atoms with Crippen LogP contribution in [0.2, 0.25) is 0 Å². The van der Waals surface area contributed by atoms with Crippen molar-refractivity contribution in [3.8, 4) is 11.3 Å². The van der Waals surface area contributed by atoms with Crippen LogP contribution in [0.25, 0.3) is 11.3 Å². The van der Waals surface area contributed by atoms with Gasteiger partial charge in [-0.2, -0.15) is 0 Å². The molecule has 3 aromatic rings. The Balaban J connectivity index is 1.52. The number of hydrogen-bond acceptors (Lipinski definition) is 4. The van der Waals surface area contributed by atoms with E-state index in [4.69, 9.17) is 8.83 Å². The quantitative estimate of drug-likeness (QED) is 0.610. The maximum absolute atomic E-state index is 12.2. The molecular weight excluding hydrogens is 396 g/mol. The topological polar surface area (TPSA) is 58.6 Å². The van der Waals surface area contributed by atoms with E-state index in [2.05, 4.69) is 21.2 Å². The lowest BCUT2D eigenvalue weighted by Gasteiger charge is -2.17. The first-order chi connectivity index (χ1) is 12.5.